The Kier molecular flexibility index (Phi) is 4.00. The van der Waals surface area contributed by atoms with Gasteiger partial charge < -0.3 is 0 Å². The van der Waals surface area contributed by atoms with Gasteiger partial charge in [-0.1, -0.05) is 31.2 Å². The fourth-order valence-corrected chi connectivity index (χ4v) is 1.44. The Labute approximate surface area is 88.8 Å². The van der Waals surface area contributed by atoms with Crippen LogP contribution in [0.1, 0.15) is 18.1 Å². The Hall–Kier alpha value is -0.490. The molecular weight excluding hydrogens is 220 g/mol. The van der Waals surface area contributed by atoms with Gasteiger partial charge in [0.05, 0.1) is 6.61 Å². The molecule has 0 aliphatic heterocycles. The fraction of sp³-hybridized carbons (Fsp3) is 0.333. The molecule has 0 saturated heterocycles. The Morgan fingerprint density at radius 3 is 2.29 bits per heavy atom. The summed E-state index contributed by atoms with van der Waals surface area (Å²) in [5, 5.41) is 0. The summed E-state index contributed by atoms with van der Waals surface area (Å²) in [4.78, 5) is 0. The lowest BCUT2D eigenvalue weighted by Crippen LogP contribution is -2.01. The van der Waals surface area contributed by atoms with E-state index in [1.165, 1.54) is 5.56 Å². The number of hydrogen-bond donors (Lipinski definition) is 1. The van der Waals surface area contributed by atoms with Crippen molar-refractivity contribution in [3.8, 4) is 0 Å². The largest absolute Gasteiger partial charge is 0.285 e. The highest BCUT2D eigenvalue weighted by Gasteiger charge is 2.00. The first-order chi connectivity index (χ1) is 6.51. The van der Waals surface area contributed by atoms with Gasteiger partial charge in [-0.05, 0) is 17.5 Å². The molecule has 3 nitrogen and oxygen atoms in total. The van der Waals surface area contributed by atoms with Gasteiger partial charge in [0.25, 0.3) is 9.05 Å². The van der Waals surface area contributed by atoms with E-state index in [0.717, 1.165) is 12.0 Å². The quantitative estimate of drug-likeness (QED) is 0.861. The third kappa shape index (κ3) is 4.15. The monoisotopic (exact) mass is 232 g/mol. The van der Waals surface area contributed by atoms with E-state index in [9.17, 15) is 4.21 Å². The smallest absolute Gasteiger partial charge is 0.266 e. The minimum Gasteiger partial charge on any atom is -0.285 e. The molecular formula is C9H12O3S2. The normalized spacial score (nSPS) is 15.0. The zero-order valence-corrected chi connectivity index (χ0v) is 9.44. The average Bonchev–Trinajstić information content (AvgIpc) is 2.14. The molecule has 78 valence electrons. The molecule has 1 unspecified atom stereocenters. The molecule has 0 aliphatic rings. The predicted molar refractivity (Wildman–Crippen MR) is 58.7 cm³/mol. The summed E-state index contributed by atoms with van der Waals surface area (Å²) < 4.78 is 23.9. The Bertz CT molecular complexity index is 381. The van der Waals surface area contributed by atoms with Crippen LogP contribution in [0.25, 0.3) is 0 Å². The maximum Gasteiger partial charge on any atom is 0.266 e. The summed E-state index contributed by atoms with van der Waals surface area (Å²) in [5.41, 5.74) is 2.06. The van der Waals surface area contributed by atoms with E-state index in [1.54, 1.807) is 0 Å². The second-order valence-electron chi connectivity index (χ2n) is 2.86. The van der Waals surface area contributed by atoms with E-state index in [-0.39, 0.29) is 6.61 Å². The van der Waals surface area contributed by atoms with Crippen LogP contribution >= 0.6 is 0 Å². The first-order valence-electron chi connectivity index (χ1n) is 4.21. The summed E-state index contributed by atoms with van der Waals surface area (Å²) in [6, 6.07) is 7.64. The molecule has 1 atom stereocenters. The highest BCUT2D eigenvalue weighted by Crippen LogP contribution is 2.07. The summed E-state index contributed by atoms with van der Waals surface area (Å²) in [5.74, 6) is 0. The first-order valence-corrected chi connectivity index (χ1v) is 6.57. The van der Waals surface area contributed by atoms with Gasteiger partial charge in [-0.3, -0.25) is 8.74 Å². The zero-order chi connectivity index (χ0) is 10.6. The van der Waals surface area contributed by atoms with Crippen molar-refractivity contribution in [3.05, 3.63) is 35.4 Å². The molecule has 0 aromatic heterocycles. The van der Waals surface area contributed by atoms with Gasteiger partial charge in [0.2, 0.25) is 0 Å². The van der Waals surface area contributed by atoms with E-state index >= 15 is 0 Å². The fourth-order valence-electron chi connectivity index (χ4n) is 1.01. The molecule has 0 heterocycles. The summed E-state index contributed by atoms with van der Waals surface area (Å²) in [7, 11) is -3.50. The van der Waals surface area contributed by atoms with Crippen LogP contribution in [0.4, 0.5) is 0 Å². The van der Waals surface area contributed by atoms with Crippen LogP contribution in [-0.4, -0.2) is 8.76 Å². The van der Waals surface area contributed by atoms with Crippen LogP contribution < -0.4 is 0 Å². The predicted octanol–water partition coefficient (Wildman–Crippen LogP) is 1.90. The molecule has 0 radical (unpaired) electrons. The van der Waals surface area contributed by atoms with Gasteiger partial charge in [-0.25, -0.2) is 0 Å². The third-order valence-corrected chi connectivity index (χ3v) is 2.51. The Morgan fingerprint density at radius 1 is 1.36 bits per heavy atom. The molecule has 0 bridgehead atoms. The van der Waals surface area contributed by atoms with Crippen LogP contribution in [0.3, 0.4) is 0 Å². The number of aryl methyl sites for hydroxylation is 1. The minimum atomic E-state index is -3.50. The highest BCUT2D eigenvalue weighted by molar-refractivity contribution is 8.27. The molecule has 0 fully saturated rings. The van der Waals surface area contributed by atoms with Crippen molar-refractivity contribution in [2.75, 3.05) is 0 Å². The summed E-state index contributed by atoms with van der Waals surface area (Å²) in [6.07, 6.45) is 0.971. The van der Waals surface area contributed by atoms with Crippen LogP contribution in [0.2, 0.25) is 0 Å². The third-order valence-electron chi connectivity index (χ3n) is 1.81. The second kappa shape index (κ2) is 4.84. The molecule has 1 N–H and O–H groups in total. The maximum atomic E-state index is 10.6. The van der Waals surface area contributed by atoms with Crippen molar-refractivity contribution in [1.29, 1.82) is 0 Å². The minimum absolute atomic E-state index is 0.0722. The van der Waals surface area contributed by atoms with Gasteiger partial charge in [0.1, 0.15) is 0 Å². The van der Waals surface area contributed by atoms with Crippen molar-refractivity contribution in [3.63, 3.8) is 0 Å². The molecule has 0 spiro atoms. The number of hydrogen-bond acceptors (Lipinski definition) is 3. The van der Waals surface area contributed by atoms with E-state index < -0.39 is 9.05 Å². The van der Waals surface area contributed by atoms with Crippen LogP contribution in [0.5, 0.6) is 0 Å². The van der Waals surface area contributed by atoms with Crippen LogP contribution in [0, 0.1) is 0 Å². The van der Waals surface area contributed by atoms with Crippen molar-refractivity contribution in [1.82, 2.24) is 0 Å². The van der Waals surface area contributed by atoms with E-state index in [0.29, 0.717) is 0 Å². The molecule has 0 amide bonds. The second-order valence-corrected chi connectivity index (χ2v) is 5.21. The number of rotatable bonds is 4. The summed E-state index contributed by atoms with van der Waals surface area (Å²) >= 11 is 4.19. The SMILES string of the molecule is CCc1ccc(COS(=O)(O)=S)cc1. The zero-order valence-electron chi connectivity index (χ0n) is 7.80. The van der Waals surface area contributed by atoms with Crippen LogP contribution in [0.15, 0.2) is 24.3 Å². The van der Waals surface area contributed by atoms with Crippen molar-refractivity contribution in [2.45, 2.75) is 20.0 Å². The van der Waals surface area contributed by atoms with Gasteiger partial charge in [0, 0.05) is 11.2 Å². The van der Waals surface area contributed by atoms with E-state index in [4.69, 9.17) is 4.55 Å². The Morgan fingerprint density at radius 2 is 1.86 bits per heavy atom. The van der Waals surface area contributed by atoms with Gasteiger partial charge >= 0.3 is 0 Å². The van der Waals surface area contributed by atoms with Crippen molar-refractivity contribution < 1.29 is 12.9 Å². The van der Waals surface area contributed by atoms with Crippen LogP contribution in [-0.2, 0) is 37.5 Å². The first kappa shape index (κ1) is 11.6. The van der Waals surface area contributed by atoms with E-state index in [2.05, 4.69) is 22.3 Å². The molecule has 1 rings (SSSR count). The van der Waals surface area contributed by atoms with E-state index in [1.807, 2.05) is 24.3 Å². The molecule has 0 aliphatic carbocycles. The molecule has 5 heteroatoms. The molecule has 1 aromatic carbocycles. The molecule has 1 aromatic rings. The molecule has 0 saturated carbocycles. The van der Waals surface area contributed by atoms with Crippen molar-refractivity contribution >= 4 is 20.2 Å². The number of benzene rings is 1. The topological polar surface area (TPSA) is 46.5 Å². The lowest BCUT2D eigenvalue weighted by atomic mass is 10.1. The lowest BCUT2D eigenvalue weighted by molar-refractivity contribution is 0.294. The van der Waals surface area contributed by atoms with Crippen molar-refractivity contribution in [2.24, 2.45) is 0 Å². The highest BCUT2D eigenvalue weighted by atomic mass is 32.9. The summed E-state index contributed by atoms with van der Waals surface area (Å²) in [6.45, 7) is 2.14. The molecule has 14 heavy (non-hydrogen) atoms. The maximum absolute atomic E-state index is 10.6. The average molecular weight is 232 g/mol. The van der Waals surface area contributed by atoms with Gasteiger partial charge in [-0.2, -0.15) is 4.21 Å². The standard InChI is InChI=1S/C9H12O3S2/c1-2-8-3-5-9(6-4-8)7-12-14(10,11)13/h3-6H,2,7H2,1H3,(H,10,11,13). The van der Waals surface area contributed by atoms with Gasteiger partial charge in [0.15, 0.2) is 0 Å². The lowest BCUT2D eigenvalue weighted by Gasteiger charge is -2.03. The Balaban J connectivity index is 2.61. The van der Waals surface area contributed by atoms with Gasteiger partial charge in [-0.15, -0.1) is 0 Å².